The molecule has 0 aromatic heterocycles. The molecular formula is C18H29N3. The van der Waals surface area contributed by atoms with Crippen LogP contribution in [-0.2, 0) is 0 Å². The van der Waals surface area contributed by atoms with Crippen LogP contribution in [0.25, 0.3) is 0 Å². The van der Waals surface area contributed by atoms with Gasteiger partial charge in [-0.1, -0.05) is 25.1 Å². The summed E-state index contributed by atoms with van der Waals surface area (Å²) < 4.78 is 0. The fourth-order valence-electron chi connectivity index (χ4n) is 3.69. The van der Waals surface area contributed by atoms with Gasteiger partial charge in [-0.3, -0.25) is 4.90 Å². The van der Waals surface area contributed by atoms with Gasteiger partial charge < -0.3 is 10.2 Å². The van der Waals surface area contributed by atoms with Gasteiger partial charge in [0.15, 0.2) is 0 Å². The molecule has 1 aromatic carbocycles. The molecule has 2 fully saturated rings. The van der Waals surface area contributed by atoms with E-state index >= 15 is 0 Å². The Labute approximate surface area is 129 Å². The Hall–Kier alpha value is -1.06. The predicted molar refractivity (Wildman–Crippen MR) is 89.9 cm³/mol. The molecule has 3 rings (SSSR count). The largest absolute Gasteiger partial charge is 0.369 e. The molecule has 1 heterocycles. The molecule has 2 atom stereocenters. The lowest BCUT2D eigenvalue weighted by Gasteiger charge is -2.48. The summed E-state index contributed by atoms with van der Waals surface area (Å²) in [5.41, 5.74) is 1.38. The number of hydrogen-bond donors (Lipinski definition) is 1. The first kappa shape index (κ1) is 14.9. The van der Waals surface area contributed by atoms with Crippen LogP contribution >= 0.6 is 0 Å². The number of hydrogen-bond acceptors (Lipinski definition) is 3. The molecule has 1 aliphatic carbocycles. The second kappa shape index (κ2) is 7.28. The molecule has 1 aliphatic heterocycles. The lowest BCUT2D eigenvalue weighted by molar-refractivity contribution is 0.0573. The highest BCUT2D eigenvalue weighted by atomic mass is 15.3. The first-order valence-electron chi connectivity index (χ1n) is 8.63. The Morgan fingerprint density at radius 2 is 1.81 bits per heavy atom. The zero-order valence-corrected chi connectivity index (χ0v) is 13.3. The average molecular weight is 287 g/mol. The highest BCUT2D eigenvalue weighted by molar-refractivity contribution is 5.46. The van der Waals surface area contributed by atoms with Crippen molar-refractivity contribution in [2.24, 2.45) is 5.92 Å². The van der Waals surface area contributed by atoms with Crippen molar-refractivity contribution in [2.75, 3.05) is 44.2 Å². The molecule has 0 bridgehead atoms. The van der Waals surface area contributed by atoms with Gasteiger partial charge in [0.1, 0.15) is 0 Å². The van der Waals surface area contributed by atoms with E-state index in [-0.39, 0.29) is 0 Å². The molecule has 2 unspecified atom stereocenters. The second-order valence-corrected chi connectivity index (χ2v) is 6.47. The number of rotatable bonds is 6. The minimum Gasteiger partial charge on any atom is -0.369 e. The van der Waals surface area contributed by atoms with Crippen LogP contribution in [0.3, 0.4) is 0 Å². The zero-order chi connectivity index (χ0) is 14.5. The maximum Gasteiger partial charge on any atom is 0.0367 e. The van der Waals surface area contributed by atoms with Crippen molar-refractivity contribution in [1.82, 2.24) is 10.2 Å². The quantitative estimate of drug-likeness (QED) is 0.811. The SMILES string of the molecule is CCCNCC1CCC1N1CCN(c2ccccc2)CC1. The number of nitrogens with one attached hydrogen (secondary N) is 1. The third-order valence-electron chi connectivity index (χ3n) is 5.12. The van der Waals surface area contributed by atoms with Gasteiger partial charge in [0.2, 0.25) is 0 Å². The van der Waals surface area contributed by atoms with E-state index in [0.29, 0.717) is 0 Å². The van der Waals surface area contributed by atoms with E-state index in [9.17, 15) is 0 Å². The maximum absolute atomic E-state index is 3.60. The number of piperazine rings is 1. The van der Waals surface area contributed by atoms with Crippen LogP contribution in [0.4, 0.5) is 5.69 Å². The molecule has 0 amide bonds. The summed E-state index contributed by atoms with van der Waals surface area (Å²) in [5.74, 6) is 0.889. The third-order valence-corrected chi connectivity index (χ3v) is 5.12. The number of benzene rings is 1. The van der Waals surface area contributed by atoms with E-state index in [1.54, 1.807) is 0 Å². The van der Waals surface area contributed by atoms with Gasteiger partial charge in [0.05, 0.1) is 0 Å². The molecule has 2 aliphatic rings. The summed E-state index contributed by atoms with van der Waals surface area (Å²) in [7, 11) is 0. The van der Waals surface area contributed by atoms with Crippen molar-refractivity contribution >= 4 is 5.69 Å². The van der Waals surface area contributed by atoms with E-state index in [1.807, 2.05) is 0 Å². The predicted octanol–water partition coefficient (Wildman–Crippen LogP) is 2.59. The summed E-state index contributed by atoms with van der Waals surface area (Å²) in [6.07, 6.45) is 4.07. The summed E-state index contributed by atoms with van der Waals surface area (Å²) >= 11 is 0. The standard InChI is InChI=1S/C18H29N3/c1-2-10-19-15-16-8-9-18(16)21-13-11-20(12-14-21)17-6-4-3-5-7-17/h3-7,16,18-19H,2,8-15H2,1H3. The van der Waals surface area contributed by atoms with Crippen LogP contribution in [0.1, 0.15) is 26.2 Å². The molecule has 0 radical (unpaired) electrons. The molecule has 1 saturated carbocycles. The molecule has 1 saturated heterocycles. The summed E-state index contributed by atoms with van der Waals surface area (Å²) in [5, 5.41) is 3.60. The summed E-state index contributed by atoms with van der Waals surface area (Å²) in [4.78, 5) is 5.26. The first-order chi connectivity index (χ1) is 10.4. The summed E-state index contributed by atoms with van der Waals surface area (Å²) in [6.45, 7) is 9.44. The van der Waals surface area contributed by atoms with Crippen LogP contribution in [0.5, 0.6) is 0 Å². The monoisotopic (exact) mass is 287 g/mol. The van der Waals surface area contributed by atoms with Gasteiger partial charge in [-0.15, -0.1) is 0 Å². The van der Waals surface area contributed by atoms with Crippen LogP contribution < -0.4 is 10.2 Å². The molecule has 1 N–H and O–H groups in total. The highest BCUT2D eigenvalue weighted by Crippen LogP contribution is 2.32. The van der Waals surface area contributed by atoms with Crippen LogP contribution in [-0.4, -0.2) is 50.2 Å². The number of nitrogens with zero attached hydrogens (tertiary/aromatic N) is 2. The molecule has 3 nitrogen and oxygen atoms in total. The van der Waals surface area contributed by atoms with Crippen molar-refractivity contribution in [3.8, 4) is 0 Å². The Morgan fingerprint density at radius 1 is 1.05 bits per heavy atom. The third kappa shape index (κ3) is 3.58. The molecule has 21 heavy (non-hydrogen) atoms. The van der Waals surface area contributed by atoms with Gasteiger partial charge in [-0.2, -0.15) is 0 Å². The van der Waals surface area contributed by atoms with Crippen molar-refractivity contribution in [3.05, 3.63) is 30.3 Å². The van der Waals surface area contributed by atoms with Gasteiger partial charge in [0, 0.05) is 37.9 Å². The molecule has 1 aromatic rings. The topological polar surface area (TPSA) is 18.5 Å². The Kier molecular flexibility index (Phi) is 5.15. The smallest absolute Gasteiger partial charge is 0.0367 e. The maximum atomic E-state index is 3.60. The van der Waals surface area contributed by atoms with E-state index < -0.39 is 0 Å². The lowest BCUT2D eigenvalue weighted by atomic mass is 9.78. The minimum absolute atomic E-state index is 0.840. The molecule has 3 heteroatoms. The summed E-state index contributed by atoms with van der Waals surface area (Å²) in [6, 6.07) is 11.7. The minimum atomic E-state index is 0.840. The Balaban J connectivity index is 1.45. The fraction of sp³-hybridized carbons (Fsp3) is 0.667. The van der Waals surface area contributed by atoms with Gasteiger partial charge in [-0.25, -0.2) is 0 Å². The highest BCUT2D eigenvalue weighted by Gasteiger charge is 2.36. The molecular weight excluding hydrogens is 258 g/mol. The van der Waals surface area contributed by atoms with Crippen LogP contribution in [0.2, 0.25) is 0 Å². The first-order valence-corrected chi connectivity index (χ1v) is 8.63. The van der Waals surface area contributed by atoms with E-state index in [0.717, 1.165) is 12.0 Å². The molecule has 0 spiro atoms. The van der Waals surface area contributed by atoms with Crippen molar-refractivity contribution < 1.29 is 0 Å². The van der Waals surface area contributed by atoms with E-state index in [2.05, 4.69) is 52.4 Å². The van der Waals surface area contributed by atoms with Gasteiger partial charge in [0.25, 0.3) is 0 Å². The second-order valence-electron chi connectivity index (χ2n) is 6.47. The van der Waals surface area contributed by atoms with Crippen LogP contribution in [0.15, 0.2) is 30.3 Å². The van der Waals surface area contributed by atoms with Gasteiger partial charge >= 0.3 is 0 Å². The lowest BCUT2D eigenvalue weighted by Crippen LogP contribution is -2.57. The fourth-order valence-corrected chi connectivity index (χ4v) is 3.69. The Bertz CT molecular complexity index is 412. The number of anilines is 1. The number of para-hydroxylation sites is 1. The normalized spacial score (nSPS) is 26.6. The van der Waals surface area contributed by atoms with Crippen molar-refractivity contribution in [2.45, 2.75) is 32.2 Å². The average Bonchev–Trinajstić information content (AvgIpc) is 2.52. The van der Waals surface area contributed by atoms with Crippen molar-refractivity contribution in [3.63, 3.8) is 0 Å². The zero-order valence-electron chi connectivity index (χ0n) is 13.3. The van der Waals surface area contributed by atoms with E-state index in [4.69, 9.17) is 0 Å². The molecule has 116 valence electrons. The Morgan fingerprint density at radius 3 is 2.43 bits per heavy atom. The van der Waals surface area contributed by atoms with Gasteiger partial charge in [-0.05, 0) is 50.4 Å². The van der Waals surface area contributed by atoms with Crippen molar-refractivity contribution in [1.29, 1.82) is 0 Å². The van der Waals surface area contributed by atoms with E-state index in [1.165, 1.54) is 64.2 Å². The van der Waals surface area contributed by atoms with Crippen LogP contribution in [0, 0.1) is 5.92 Å².